The van der Waals surface area contributed by atoms with Crippen LogP contribution < -0.4 is 5.32 Å². The third kappa shape index (κ3) is 24.2. The predicted molar refractivity (Wildman–Crippen MR) is 152 cm³/mol. The first-order chi connectivity index (χ1) is 21.0. The number of nitrogens with one attached hydrogen (secondary N) is 1. The van der Waals surface area contributed by atoms with E-state index in [0.29, 0.717) is 98.9 Å². The highest BCUT2D eigenvalue weighted by Gasteiger charge is 2.17. The van der Waals surface area contributed by atoms with E-state index in [9.17, 15) is 19.2 Å². The lowest BCUT2D eigenvalue weighted by molar-refractivity contribution is -0.140. The quantitative estimate of drug-likeness (QED) is 0.0541. The number of ether oxygens (including phenoxy) is 8. The number of Topliss-reactive ketones (excluding diaryl/α,β-unsaturated/α-hetero) is 1. The molecule has 1 aromatic rings. The maximum absolute atomic E-state index is 11.9. The minimum atomic E-state index is -0.990. The third-order valence-electron chi connectivity index (χ3n) is 5.27. The largest absolute Gasteiger partial charge is 0.481 e. The zero-order valence-electron chi connectivity index (χ0n) is 24.7. The fourth-order valence-electron chi connectivity index (χ4n) is 3.10. The zero-order chi connectivity index (χ0) is 31.2. The van der Waals surface area contributed by atoms with Crippen molar-refractivity contribution in [1.82, 2.24) is 5.32 Å². The van der Waals surface area contributed by atoms with Gasteiger partial charge < -0.3 is 48.3 Å². The predicted octanol–water partition coefficient (Wildman–Crippen LogP) is 0.900. The number of esters is 1. The fraction of sp³-hybridized carbons (Fsp3) is 0.655. The molecule has 0 atom stereocenters. The van der Waals surface area contributed by atoms with E-state index in [0.717, 1.165) is 0 Å². The van der Waals surface area contributed by atoms with Gasteiger partial charge in [-0.3, -0.25) is 14.4 Å². The average Bonchev–Trinajstić information content (AvgIpc) is 3.01. The van der Waals surface area contributed by atoms with Crippen LogP contribution in [-0.2, 0) is 52.3 Å². The molecule has 1 rings (SSSR count). The second-order valence-electron chi connectivity index (χ2n) is 8.71. The standard InChI is InChI=1S/C29H45NO13/c31-26(7-8-27(32)33)30-9-4-10-36-11-12-37-13-14-38-15-16-39-17-18-40-19-20-41-21-22-42-23-24-43-29(35)28(34)25-5-2-1-3-6-25/h1-3,5-6H,4,7-24H2,(H,30,31)(H,32,33). The normalized spacial score (nSPS) is 10.9. The van der Waals surface area contributed by atoms with Crippen LogP contribution in [0.15, 0.2) is 30.3 Å². The molecule has 0 aliphatic carbocycles. The molecular weight excluding hydrogens is 570 g/mol. The number of carbonyl (C=O) groups is 4. The van der Waals surface area contributed by atoms with Gasteiger partial charge in [0.05, 0.1) is 92.3 Å². The van der Waals surface area contributed by atoms with Crippen molar-refractivity contribution in [3.8, 4) is 0 Å². The molecule has 0 aliphatic rings. The smallest absolute Gasteiger partial charge is 0.379 e. The Kier molecular flexibility index (Phi) is 24.6. The molecular formula is C29H45NO13. The van der Waals surface area contributed by atoms with Gasteiger partial charge in [0.25, 0.3) is 5.78 Å². The van der Waals surface area contributed by atoms with Gasteiger partial charge >= 0.3 is 11.9 Å². The van der Waals surface area contributed by atoms with Crippen LogP contribution in [0.4, 0.5) is 0 Å². The number of aliphatic carboxylic acids is 1. The number of carboxylic acids is 1. The molecule has 0 bridgehead atoms. The Morgan fingerprint density at radius 2 is 0.977 bits per heavy atom. The number of carbonyl (C=O) groups excluding carboxylic acids is 3. The highest BCUT2D eigenvalue weighted by molar-refractivity contribution is 6.40. The van der Waals surface area contributed by atoms with Crippen molar-refractivity contribution in [2.75, 3.05) is 106 Å². The van der Waals surface area contributed by atoms with Gasteiger partial charge in [0.2, 0.25) is 5.91 Å². The molecule has 43 heavy (non-hydrogen) atoms. The van der Waals surface area contributed by atoms with Crippen molar-refractivity contribution < 1.29 is 62.2 Å². The number of ketones is 1. The van der Waals surface area contributed by atoms with Crippen molar-refractivity contribution in [1.29, 1.82) is 0 Å². The Bertz CT molecular complexity index is 869. The molecule has 0 saturated heterocycles. The fourth-order valence-corrected chi connectivity index (χ4v) is 3.10. The zero-order valence-corrected chi connectivity index (χ0v) is 24.7. The Morgan fingerprint density at radius 3 is 1.42 bits per heavy atom. The number of benzene rings is 1. The number of hydrogen-bond donors (Lipinski definition) is 2. The number of amides is 1. The summed E-state index contributed by atoms with van der Waals surface area (Å²) in [5.41, 5.74) is 0.288. The second-order valence-corrected chi connectivity index (χ2v) is 8.71. The van der Waals surface area contributed by atoms with Gasteiger partial charge in [0.15, 0.2) is 0 Å². The molecule has 0 radical (unpaired) electrons. The molecule has 0 aromatic heterocycles. The van der Waals surface area contributed by atoms with Crippen molar-refractivity contribution in [2.24, 2.45) is 0 Å². The Hall–Kier alpha value is -2.98. The van der Waals surface area contributed by atoms with Crippen LogP contribution in [0.1, 0.15) is 29.6 Å². The maximum atomic E-state index is 11.9. The summed E-state index contributed by atoms with van der Waals surface area (Å²) in [7, 11) is 0. The summed E-state index contributed by atoms with van der Waals surface area (Å²) < 4.78 is 42.6. The van der Waals surface area contributed by atoms with E-state index in [-0.39, 0.29) is 37.5 Å². The molecule has 0 spiro atoms. The van der Waals surface area contributed by atoms with Gasteiger partial charge in [-0.15, -0.1) is 0 Å². The van der Waals surface area contributed by atoms with Crippen LogP contribution in [0.2, 0.25) is 0 Å². The van der Waals surface area contributed by atoms with Crippen LogP contribution in [-0.4, -0.2) is 134 Å². The van der Waals surface area contributed by atoms with Crippen LogP contribution in [0.5, 0.6) is 0 Å². The summed E-state index contributed by atoms with van der Waals surface area (Å²) in [6, 6.07) is 8.22. The van der Waals surface area contributed by atoms with E-state index in [4.69, 9.17) is 43.0 Å². The highest BCUT2D eigenvalue weighted by Crippen LogP contribution is 2.01. The van der Waals surface area contributed by atoms with E-state index in [1.807, 2.05) is 0 Å². The van der Waals surface area contributed by atoms with Gasteiger partial charge in [-0.05, 0) is 6.42 Å². The summed E-state index contributed by atoms with van der Waals surface area (Å²) >= 11 is 0. The van der Waals surface area contributed by atoms with Gasteiger partial charge in [0.1, 0.15) is 6.61 Å². The maximum Gasteiger partial charge on any atom is 0.379 e. The van der Waals surface area contributed by atoms with E-state index in [1.54, 1.807) is 30.3 Å². The number of rotatable bonds is 30. The number of hydrogen-bond acceptors (Lipinski definition) is 12. The van der Waals surface area contributed by atoms with Crippen molar-refractivity contribution in [3.05, 3.63) is 35.9 Å². The van der Waals surface area contributed by atoms with E-state index >= 15 is 0 Å². The summed E-state index contributed by atoms with van der Waals surface area (Å²) in [5, 5.41) is 11.2. The van der Waals surface area contributed by atoms with Crippen molar-refractivity contribution in [2.45, 2.75) is 19.3 Å². The first kappa shape index (κ1) is 38.0. The summed E-state index contributed by atoms with van der Waals surface area (Å²) in [5.74, 6) is -2.85. The molecule has 0 aliphatic heterocycles. The molecule has 244 valence electrons. The SMILES string of the molecule is O=C(O)CCC(=O)NCCCOCCOCCOCCOCCOCCOCCOCCOC(=O)C(=O)c1ccccc1. The summed E-state index contributed by atoms with van der Waals surface area (Å²) in [4.78, 5) is 45.3. The molecule has 0 saturated carbocycles. The molecule has 0 fully saturated rings. The van der Waals surface area contributed by atoms with Crippen LogP contribution in [0.25, 0.3) is 0 Å². The Balaban J connectivity index is 1.71. The van der Waals surface area contributed by atoms with Crippen LogP contribution >= 0.6 is 0 Å². The van der Waals surface area contributed by atoms with E-state index < -0.39 is 17.7 Å². The van der Waals surface area contributed by atoms with Crippen LogP contribution in [0.3, 0.4) is 0 Å². The minimum Gasteiger partial charge on any atom is -0.481 e. The lowest BCUT2D eigenvalue weighted by Gasteiger charge is -2.09. The third-order valence-corrected chi connectivity index (χ3v) is 5.27. The van der Waals surface area contributed by atoms with E-state index in [1.165, 1.54) is 0 Å². The lowest BCUT2D eigenvalue weighted by Crippen LogP contribution is -2.25. The Labute approximate surface area is 252 Å². The summed E-state index contributed by atoms with van der Waals surface area (Å²) in [6.07, 6.45) is 0.452. The molecule has 2 N–H and O–H groups in total. The first-order valence-corrected chi connectivity index (χ1v) is 14.3. The van der Waals surface area contributed by atoms with E-state index in [2.05, 4.69) is 5.32 Å². The van der Waals surface area contributed by atoms with Gasteiger partial charge in [-0.25, -0.2) is 4.79 Å². The molecule has 1 aromatic carbocycles. The highest BCUT2D eigenvalue weighted by atomic mass is 16.6. The van der Waals surface area contributed by atoms with Gasteiger partial charge in [0, 0.05) is 25.1 Å². The Morgan fingerprint density at radius 1 is 0.558 bits per heavy atom. The summed E-state index contributed by atoms with van der Waals surface area (Å²) in [6.45, 7) is 6.15. The van der Waals surface area contributed by atoms with Gasteiger partial charge in [-0.1, -0.05) is 30.3 Å². The molecule has 14 nitrogen and oxygen atoms in total. The van der Waals surface area contributed by atoms with Crippen molar-refractivity contribution >= 4 is 23.6 Å². The molecule has 0 heterocycles. The topological polar surface area (TPSA) is 174 Å². The second kappa shape index (κ2) is 27.8. The minimum absolute atomic E-state index is 0.0120. The number of carboxylic acid groups (broad SMARTS) is 1. The monoisotopic (exact) mass is 615 g/mol. The van der Waals surface area contributed by atoms with Gasteiger partial charge in [-0.2, -0.15) is 0 Å². The molecule has 0 unspecified atom stereocenters. The molecule has 1 amide bonds. The van der Waals surface area contributed by atoms with Crippen molar-refractivity contribution in [3.63, 3.8) is 0 Å². The lowest BCUT2D eigenvalue weighted by atomic mass is 10.1. The first-order valence-electron chi connectivity index (χ1n) is 14.3. The van der Waals surface area contributed by atoms with Crippen LogP contribution in [0, 0.1) is 0 Å². The molecule has 14 heteroatoms. The average molecular weight is 616 g/mol.